The van der Waals surface area contributed by atoms with Crippen molar-refractivity contribution in [1.29, 1.82) is 0 Å². The Bertz CT molecular complexity index is 259. The molecule has 6 nitrogen and oxygen atoms in total. The van der Waals surface area contributed by atoms with Crippen molar-refractivity contribution in [3.8, 4) is 0 Å². The fourth-order valence-electron chi connectivity index (χ4n) is 1.57. The first-order valence-corrected chi connectivity index (χ1v) is 5.00. The van der Waals surface area contributed by atoms with Crippen LogP contribution in [0.15, 0.2) is 5.16 Å². The molecule has 0 spiro atoms. The van der Waals surface area contributed by atoms with E-state index in [2.05, 4.69) is 5.16 Å². The molecular formula is C9H17N3O3. The lowest BCUT2D eigenvalue weighted by atomic mass is 10.0. The van der Waals surface area contributed by atoms with Crippen LogP contribution in [0, 0.1) is 5.92 Å². The standard InChI is InChI=1S/C9H17N3O3/c1-6(8(10)11-15)9(14)12-4-2-7(13)3-5-12/h6-7,13,15H,2-5H2,1H3,(H2,10,11). The van der Waals surface area contributed by atoms with Gasteiger partial charge >= 0.3 is 0 Å². The molecule has 1 aliphatic rings. The van der Waals surface area contributed by atoms with Crippen LogP contribution in [0.4, 0.5) is 0 Å². The van der Waals surface area contributed by atoms with Gasteiger partial charge in [-0.3, -0.25) is 4.79 Å². The van der Waals surface area contributed by atoms with Crippen LogP contribution in [-0.4, -0.2) is 46.1 Å². The largest absolute Gasteiger partial charge is 0.409 e. The molecule has 0 aromatic rings. The zero-order valence-electron chi connectivity index (χ0n) is 8.76. The van der Waals surface area contributed by atoms with Crippen LogP contribution in [-0.2, 0) is 4.79 Å². The number of hydrogen-bond donors (Lipinski definition) is 3. The van der Waals surface area contributed by atoms with Gasteiger partial charge in [-0.05, 0) is 19.8 Å². The number of carbonyl (C=O) groups excluding carboxylic acids is 1. The Balaban J connectivity index is 2.54. The molecule has 0 bridgehead atoms. The number of amides is 1. The Kier molecular flexibility index (Phi) is 3.90. The van der Waals surface area contributed by atoms with Gasteiger partial charge in [-0.1, -0.05) is 5.16 Å². The number of hydrogen-bond acceptors (Lipinski definition) is 4. The first-order valence-electron chi connectivity index (χ1n) is 5.00. The zero-order chi connectivity index (χ0) is 11.4. The molecule has 4 N–H and O–H groups in total. The monoisotopic (exact) mass is 215 g/mol. The van der Waals surface area contributed by atoms with Gasteiger partial charge in [-0.15, -0.1) is 0 Å². The van der Waals surface area contributed by atoms with E-state index in [9.17, 15) is 9.90 Å². The molecular weight excluding hydrogens is 198 g/mol. The predicted molar refractivity (Wildman–Crippen MR) is 54.4 cm³/mol. The summed E-state index contributed by atoms with van der Waals surface area (Å²) < 4.78 is 0. The van der Waals surface area contributed by atoms with Gasteiger partial charge in [-0.25, -0.2) is 0 Å². The number of likely N-dealkylation sites (tertiary alicyclic amines) is 1. The number of piperidine rings is 1. The topological polar surface area (TPSA) is 99.2 Å². The van der Waals surface area contributed by atoms with Gasteiger partial charge in [0.15, 0.2) is 5.84 Å². The fraction of sp³-hybridized carbons (Fsp3) is 0.778. The Morgan fingerprint density at radius 2 is 2.07 bits per heavy atom. The minimum Gasteiger partial charge on any atom is -0.409 e. The van der Waals surface area contributed by atoms with Crippen molar-refractivity contribution < 1.29 is 15.1 Å². The first-order chi connectivity index (χ1) is 7.06. The van der Waals surface area contributed by atoms with Crippen LogP contribution in [0.1, 0.15) is 19.8 Å². The molecule has 1 saturated heterocycles. The Morgan fingerprint density at radius 1 is 1.53 bits per heavy atom. The van der Waals surface area contributed by atoms with Crippen LogP contribution >= 0.6 is 0 Å². The summed E-state index contributed by atoms with van der Waals surface area (Å²) in [5.74, 6) is -0.839. The highest BCUT2D eigenvalue weighted by atomic mass is 16.4. The molecule has 86 valence electrons. The molecule has 0 aromatic carbocycles. The number of aliphatic hydroxyl groups excluding tert-OH is 1. The Hall–Kier alpha value is -1.30. The van der Waals surface area contributed by atoms with E-state index in [0.717, 1.165) is 0 Å². The maximum Gasteiger partial charge on any atom is 0.233 e. The van der Waals surface area contributed by atoms with Gasteiger partial charge in [-0.2, -0.15) is 0 Å². The summed E-state index contributed by atoms with van der Waals surface area (Å²) in [7, 11) is 0. The summed E-state index contributed by atoms with van der Waals surface area (Å²) >= 11 is 0. The molecule has 15 heavy (non-hydrogen) atoms. The van der Waals surface area contributed by atoms with Gasteiger partial charge in [0.1, 0.15) is 0 Å². The van der Waals surface area contributed by atoms with Crippen molar-refractivity contribution in [2.45, 2.75) is 25.9 Å². The second-order valence-electron chi connectivity index (χ2n) is 3.80. The molecule has 1 fully saturated rings. The third kappa shape index (κ3) is 2.82. The molecule has 0 saturated carbocycles. The highest BCUT2D eigenvalue weighted by molar-refractivity contribution is 6.01. The minimum absolute atomic E-state index is 0.0777. The van der Waals surface area contributed by atoms with Crippen LogP contribution in [0.25, 0.3) is 0 Å². The van der Waals surface area contributed by atoms with Crippen LogP contribution in [0.3, 0.4) is 0 Å². The summed E-state index contributed by atoms with van der Waals surface area (Å²) in [6.45, 7) is 2.66. The normalized spacial score (nSPS) is 21.5. The molecule has 1 atom stereocenters. The lowest BCUT2D eigenvalue weighted by molar-refractivity contribution is -0.134. The molecule has 1 aliphatic heterocycles. The van der Waals surface area contributed by atoms with E-state index in [4.69, 9.17) is 10.9 Å². The average molecular weight is 215 g/mol. The van der Waals surface area contributed by atoms with Crippen molar-refractivity contribution in [1.82, 2.24) is 4.90 Å². The summed E-state index contributed by atoms with van der Waals surface area (Å²) in [4.78, 5) is 13.4. The van der Waals surface area contributed by atoms with Gasteiger partial charge in [0.25, 0.3) is 0 Å². The van der Waals surface area contributed by atoms with E-state index in [1.165, 1.54) is 0 Å². The van der Waals surface area contributed by atoms with Crippen LogP contribution in [0.5, 0.6) is 0 Å². The lowest BCUT2D eigenvalue weighted by Crippen LogP contribution is -2.45. The van der Waals surface area contributed by atoms with Crippen molar-refractivity contribution in [2.75, 3.05) is 13.1 Å². The van der Waals surface area contributed by atoms with Gasteiger partial charge in [0.05, 0.1) is 12.0 Å². The quantitative estimate of drug-likeness (QED) is 0.247. The predicted octanol–water partition coefficient (Wildman–Crippen LogP) is -0.648. The highest BCUT2D eigenvalue weighted by Crippen LogP contribution is 2.13. The number of nitrogens with zero attached hydrogens (tertiary/aromatic N) is 2. The second kappa shape index (κ2) is 4.97. The number of nitrogens with two attached hydrogens (primary N) is 1. The number of aliphatic hydroxyl groups is 1. The van der Waals surface area contributed by atoms with Crippen LogP contribution < -0.4 is 5.73 Å². The Labute approximate surface area is 88.4 Å². The summed E-state index contributed by atoms with van der Waals surface area (Å²) in [6, 6.07) is 0. The number of amidine groups is 1. The van der Waals surface area contributed by atoms with E-state index in [0.29, 0.717) is 25.9 Å². The molecule has 0 aromatic heterocycles. The molecule has 0 aliphatic carbocycles. The van der Waals surface area contributed by atoms with E-state index in [-0.39, 0.29) is 17.8 Å². The van der Waals surface area contributed by atoms with E-state index in [1.807, 2.05) is 0 Å². The molecule has 6 heteroatoms. The van der Waals surface area contributed by atoms with E-state index < -0.39 is 5.92 Å². The average Bonchev–Trinajstić information content (AvgIpc) is 2.27. The number of rotatable bonds is 2. The fourth-order valence-corrected chi connectivity index (χ4v) is 1.57. The zero-order valence-corrected chi connectivity index (χ0v) is 8.76. The maximum atomic E-state index is 11.8. The summed E-state index contributed by atoms with van der Waals surface area (Å²) in [5, 5.41) is 20.5. The number of carbonyl (C=O) groups is 1. The lowest BCUT2D eigenvalue weighted by Gasteiger charge is -2.31. The van der Waals surface area contributed by atoms with Crippen molar-refractivity contribution in [3.05, 3.63) is 0 Å². The van der Waals surface area contributed by atoms with Gasteiger partial charge in [0, 0.05) is 13.1 Å². The van der Waals surface area contributed by atoms with Gasteiger partial charge < -0.3 is 20.9 Å². The minimum atomic E-state index is -0.606. The smallest absolute Gasteiger partial charge is 0.233 e. The molecule has 1 amide bonds. The van der Waals surface area contributed by atoms with Crippen molar-refractivity contribution in [2.24, 2.45) is 16.8 Å². The Morgan fingerprint density at radius 3 is 2.53 bits per heavy atom. The SMILES string of the molecule is CC(C(=O)N1CCC(O)CC1)C(N)=NO. The van der Waals surface area contributed by atoms with Crippen molar-refractivity contribution >= 4 is 11.7 Å². The van der Waals surface area contributed by atoms with Crippen molar-refractivity contribution in [3.63, 3.8) is 0 Å². The third-order valence-electron chi connectivity index (χ3n) is 2.71. The maximum absolute atomic E-state index is 11.8. The number of oxime groups is 1. The van der Waals surface area contributed by atoms with E-state index in [1.54, 1.807) is 11.8 Å². The van der Waals surface area contributed by atoms with Crippen LogP contribution in [0.2, 0.25) is 0 Å². The summed E-state index contributed by atoms with van der Waals surface area (Å²) in [5.41, 5.74) is 5.35. The third-order valence-corrected chi connectivity index (χ3v) is 2.71. The molecule has 1 rings (SSSR count). The highest BCUT2D eigenvalue weighted by Gasteiger charge is 2.27. The first kappa shape index (κ1) is 11.8. The van der Waals surface area contributed by atoms with E-state index >= 15 is 0 Å². The molecule has 1 unspecified atom stereocenters. The second-order valence-corrected chi connectivity index (χ2v) is 3.80. The summed E-state index contributed by atoms with van der Waals surface area (Å²) in [6.07, 6.45) is 0.872. The molecule has 0 radical (unpaired) electrons. The van der Waals surface area contributed by atoms with Gasteiger partial charge in [0.2, 0.25) is 5.91 Å². The molecule has 1 heterocycles.